The first kappa shape index (κ1) is 18.4. The van der Waals surface area contributed by atoms with E-state index in [4.69, 9.17) is 0 Å². The van der Waals surface area contributed by atoms with E-state index in [0.29, 0.717) is 12.1 Å². The summed E-state index contributed by atoms with van der Waals surface area (Å²) in [4.78, 5) is 15.5. The van der Waals surface area contributed by atoms with Crippen molar-refractivity contribution in [3.8, 4) is 0 Å². The zero-order chi connectivity index (χ0) is 19.1. The van der Waals surface area contributed by atoms with Crippen molar-refractivity contribution in [1.29, 1.82) is 0 Å². The number of nitrogens with one attached hydrogen (secondary N) is 1. The van der Waals surface area contributed by atoms with Crippen LogP contribution in [0.4, 0.5) is 19.0 Å². The fourth-order valence-electron chi connectivity index (χ4n) is 2.74. The van der Waals surface area contributed by atoms with Gasteiger partial charge in [-0.3, -0.25) is 9.78 Å². The molecule has 1 atom stereocenters. The maximum atomic E-state index is 12.5. The molecule has 3 rings (SSSR count). The molecule has 1 aliphatic rings. The molecule has 7 nitrogen and oxygen atoms in total. The lowest BCUT2D eigenvalue weighted by molar-refractivity contribution is -0.141. The van der Waals surface area contributed by atoms with Crippen molar-refractivity contribution in [1.82, 2.24) is 14.8 Å². The van der Waals surface area contributed by atoms with Crippen molar-refractivity contribution in [3.05, 3.63) is 41.3 Å². The molecular formula is C15H15F3N4O3S. The van der Waals surface area contributed by atoms with Crippen molar-refractivity contribution in [2.75, 3.05) is 16.8 Å². The highest BCUT2D eigenvalue weighted by Gasteiger charge is 2.33. The van der Waals surface area contributed by atoms with E-state index in [1.54, 1.807) is 13.0 Å². The Morgan fingerprint density at radius 2 is 2.08 bits per heavy atom. The average molecular weight is 388 g/mol. The fraction of sp³-hybridized carbons (Fsp3) is 0.400. The van der Waals surface area contributed by atoms with Gasteiger partial charge in [0, 0.05) is 12.3 Å². The Bertz CT molecular complexity index is 936. The number of nitrogens with zero attached hydrogens (tertiary/aromatic N) is 3. The Morgan fingerprint density at radius 3 is 2.62 bits per heavy atom. The van der Waals surface area contributed by atoms with E-state index in [1.165, 1.54) is 4.68 Å². The number of carbonyl (C=O) groups is 1. The summed E-state index contributed by atoms with van der Waals surface area (Å²) in [6, 6.07) is 2.93. The summed E-state index contributed by atoms with van der Waals surface area (Å²) in [6.45, 7) is 1.69. The van der Waals surface area contributed by atoms with Crippen LogP contribution >= 0.6 is 0 Å². The third kappa shape index (κ3) is 3.87. The quantitative estimate of drug-likeness (QED) is 0.870. The predicted molar refractivity (Wildman–Crippen MR) is 86.5 cm³/mol. The molecule has 2 aromatic heterocycles. The highest BCUT2D eigenvalue weighted by atomic mass is 32.2. The predicted octanol–water partition coefficient (Wildman–Crippen LogP) is 2.22. The van der Waals surface area contributed by atoms with Gasteiger partial charge in [-0.05, 0) is 25.5 Å². The molecule has 2 aromatic rings. The number of rotatable bonds is 3. The molecule has 1 N–H and O–H groups in total. The summed E-state index contributed by atoms with van der Waals surface area (Å²) in [5, 5.41) is 6.78. The van der Waals surface area contributed by atoms with E-state index >= 15 is 0 Å². The molecule has 1 saturated heterocycles. The lowest BCUT2D eigenvalue weighted by Crippen LogP contribution is -2.20. The zero-order valence-electron chi connectivity index (χ0n) is 13.6. The first-order valence-electron chi connectivity index (χ1n) is 7.66. The van der Waals surface area contributed by atoms with Crippen LogP contribution < -0.4 is 5.32 Å². The van der Waals surface area contributed by atoms with Gasteiger partial charge in [0.2, 0.25) is 0 Å². The van der Waals surface area contributed by atoms with Crippen molar-refractivity contribution in [3.63, 3.8) is 0 Å². The molecule has 0 spiro atoms. The van der Waals surface area contributed by atoms with Gasteiger partial charge >= 0.3 is 6.18 Å². The van der Waals surface area contributed by atoms with Crippen LogP contribution in [-0.4, -0.2) is 40.6 Å². The Hall–Kier alpha value is -2.43. The lowest BCUT2D eigenvalue weighted by atomic mass is 10.2. The summed E-state index contributed by atoms with van der Waals surface area (Å²) < 4.78 is 62.4. The van der Waals surface area contributed by atoms with Crippen LogP contribution in [0.5, 0.6) is 0 Å². The fourth-order valence-corrected chi connectivity index (χ4v) is 4.43. The molecular weight excluding hydrogens is 373 g/mol. The van der Waals surface area contributed by atoms with E-state index in [2.05, 4.69) is 15.4 Å². The van der Waals surface area contributed by atoms with Gasteiger partial charge in [-0.2, -0.15) is 18.3 Å². The highest BCUT2D eigenvalue weighted by Crippen LogP contribution is 2.28. The van der Waals surface area contributed by atoms with Gasteiger partial charge in [0.25, 0.3) is 5.91 Å². The number of alkyl halides is 3. The molecule has 0 bridgehead atoms. The molecule has 1 amide bonds. The van der Waals surface area contributed by atoms with Crippen LogP contribution in [0.25, 0.3) is 0 Å². The van der Waals surface area contributed by atoms with Crippen molar-refractivity contribution >= 4 is 21.6 Å². The zero-order valence-corrected chi connectivity index (χ0v) is 14.4. The van der Waals surface area contributed by atoms with Gasteiger partial charge in [0.15, 0.2) is 9.84 Å². The second-order valence-electron chi connectivity index (χ2n) is 6.06. The molecule has 0 radical (unpaired) electrons. The minimum absolute atomic E-state index is 0.0484. The number of hydrogen-bond donors (Lipinski definition) is 1. The van der Waals surface area contributed by atoms with E-state index in [0.717, 1.165) is 18.3 Å². The van der Waals surface area contributed by atoms with E-state index in [-0.39, 0.29) is 22.9 Å². The van der Waals surface area contributed by atoms with Crippen LogP contribution in [-0.2, 0) is 16.0 Å². The average Bonchev–Trinajstić information content (AvgIpc) is 3.08. The third-order valence-electron chi connectivity index (χ3n) is 3.97. The lowest BCUT2D eigenvalue weighted by Gasteiger charge is -2.14. The third-order valence-corrected chi connectivity index (χ3v) is 5.72. The van der Waals surface area contributed by atoms with Gasteiger partial charge in [0.05, 0.1) is 28.8 Å². The summed E-state index contributed by atoms with van der Waals surface area (Å²) in [6.07, 6.45) is -3.36. The second-order valence-corrected chi connectivity index (χ2v) is 8.29. The Labute approximate surface area is 147 Å². The van der Waals surface area contributed by atoms with Gasteiger partial charge in [-0.15, -0.1) is 0 Å². The molecule has 26 heavy (non-hydrogen) atoms. The summed E-state index contributed by atoms with van der Waals surface area (Å²) >= 11 is 0. The monoisotopic (exact) mass is 388 g/mol. The topological polar surface area (TPSA) is 94.0 Å². The van der Waals surface area contributed by atoms with Gasteiger partial charge in [-0.25, -0.2) is 13.1 Å². The smallest absolute Gasteiger partial charge is 0.307 e. The summed E-state index contributed by atoms with van der Waals surface area (Å²) in [5.41, 5.74) is -0.566. The molecule has 0 saturated carbocycles. The second kappa shape index (κ2) is 6.38. The van der Waals surface area contributed by atoms with Gasteiger partial charge in [0.1, 0.15) is 11.5 Å². The molecule has 1 fully saturated rings. The van der Waals surface area contributed by atoms with Crippen molar-refractivity contribution in [2.24, 2.45) is 0 Å². The minimum Gasteiger partial charge on any atom is -0.307 e. The number of sulfone groups is 1. The van der Waals surface area contributed by atoms with E-state index < -0.39 is 33.7 Å². The molecule has 140 valence electrons. The maximum absolute atomic E-state index is 12.5. The van der Waals surface area contributed by atoms with E-state index in [1.807, 2.05) is 0 Å². The molecule has 11 heteroatoms. The molecule has 1 aliphatic heterocycles. The SMILES string of the molecule is Cc1cc(NC(=O)c2ccc(C(F)(F)F)nc2)n(C2CCS(=O)(=O)C2)n1. The van der Waals surface area contributed by atoms with Crippen molar-refractivity contribution < 1.29 is 26.4 Å². The standard InChI is InChI=1S/C15H15F3N4O3S/c1-9-6-13(22(21-9)11-4-5-26(24,25)8-11)20-14(23)10-2-3-12(19-7-10)15(16,17)18/h2-3,6-7,11H,4-5,8H2,1H3,(H,20,23). The number of halogens is 3. The van der Waals surface area contributed by atoms with Gasteiger partial charge in [-0.1, -0.05) is 0 Å². The summed E-state index contributed by atoms with van der Waals surface area (Å²) in [7, 11) is -3.14. The summed E-state index contributed by atoms with van der Waals surface area (Å²) in [5.74, 6) is -0.395. The maximum Gasteiger partial charge on any atom is 0.433 e. The number of pyridine rings is 1. The molecule has 0 aromatic carbocycles. The number of aryl methyl sites for hydroxylation is 1. The number of anilines is 1. The molecule has 0 aliphatic carbocycles. The van der Waals surface area contributed by atoms with Gasteiger partial charge < -0.3 is 5.32 Å². The number of amides is 1. The van der Waals surface area contributed by atoms with Crippen LogP contribution in [0.3, 0.4) is 0 Å². The highest BCUT2D eigenvalue weighted by molar-refractivity contribution is 7.91. The van der Waals surface area contributed by atoms with Crippen molar-refractivity contribution in [2.45, 2.75) is 25.6 Å². The molecule has 1 unspecified atom stereocenters. The van der Waals surface area contributed by atoms with Crippen LogP contribution in [0.2, 0.25) is 0 Å². The first-order valence-corrected chi connectivity index (χ1v) is 9.48. The van der Waals surface area contributed by atoms with E-state index in [9.17, 15) is 26.4 Å². The Kier molecular flexibility index (Phi) is 4.51. The Morgan fingerprint density at radius 1 is 1.35 bits per heavy atom. The van der Waals surface area contributed by atoms with Crippen LogP contribution in [0, 0.1) is 6.92 Å². The number of aromatic nitrogens is 3. The van der Waals surface area contributed by atoms with Crippen LogP contribution in [0.15, 0.2) is 24.4 Å². The Balaban J connectivity index is 1.80. The van der Waals surface area contributed by atoms with Crippen LogP contribution in [0.1, 0.15) is 34.2 Å². The first-order chi connectivity index (χ1) is 12.0. The normalized spacial score (nSPS) is 19.5. The number of carbonyl (C=O) groups excluding carboxylic acids is 1. The minimum atomic E-state index is -4.58. The number of hydrogen-bond acceptors (Lipinski definition) is 5. The largest absolute Gasteiger partial charge is 0.433 e. The molecule has 3 heterocycles.